The maximum atomic E-state index is 10.8. The van der Waals surface area contributed by atoms with Gasteiger partial charge in [-0.3, -0.25) is 4.55 Å². The highest BCUT2D eigenvalue weighted by Crippen LogP contribution is 2.37. The van der Waals surface area contributed by atoms with E-state index in [1.54, 1.807) is 0 Å². The fraction of sp³-hybridized carbons (Fsp3) is 1.00. The molecule has 2 aliphatic heterocycles. The van der Waals surface area contributed by atoms with Crippen LogP contribution in [-0.4, -0.2) is 42.8 Å². The van der Waals surface area contributed by atoms with E-state index in [-0.39, 0.29) is 11.7 Å². The van der Waals surface area contributed by atoms with E-state index in [2.05, 4.69) is 11.9 Å². The van der Waals surface area contributed by atoms with Gasteiger partial charge in [-0.05, 0) is 38.6 Å². The van der Waals surface area contributed by atoms with Crippen LogP contribution in [0.1, 0.15) is 25.7 Å². The molecule has 2 rings (SSSR count). The lowest BCUT2D eigenvalue weighted by atomic mass is 9.93. The molecule has 2 saturated heterocycles. The molecular formula is C9H17NO3S. The third kappa shape index (κ3) is 2.10. The molecular weight excluding hydrogens is 202 g/mol. The lowest BCUT2D eigenvalue weighted by molar-refractivity contribution is 0.142. The first kappa shape index (κ1) is 10.4. The van der Waals surface area contributed by atoms with Crippen molar-refractivity contribution in [3.63, 3.8) is 0 Å². The summed E-state index contributed by atoms with van der Waals surface area (Å²) in [5.41, 5.74) is 0. The maximum absolute atomic E-state index is 10.8. The van der Waals surface area contributed by atoms with Crippen molar-refractivity contribution in [3.05, 3.63) is 0 Å². The van der Waals surface area contributed by atoms with Crippen LogP contribution in [0.5, 0.6) is 0 Å². The summed E-state index contributed by atoms with van der Waals surface area (Å²) in [5, 5.41) is 0. The second-order valence-electron chi connectivity index (χ2n) is 4.64. The number of fused-ring (bicyclic) bond motifs is 2. The molecule has 0 aromatic heterocycles. The van der Waals surface area contributed by atoms with Crippen molar-refractivity contribution >= 4 is 10.1 Å². The van der Waals surface area contributed by atoms with Gasteiger partial charge in [-0.25, -0.2) is 0 Å². The SMILES string of the molecule is CN1[C@@H]2CC[C@@H]1CC(CS(=O)(=O)O)C2. The van der Waals surface area contributed by atoms with Crippen molar-refractivity contribution in [1.82, 2.24) is 4.90 Å². The Bertz CT molecular complexity index is 300. The molecule has 4 nitrogen and oxygen atoms in total. The molecule has 0 spiro atoms. The van der Waals surface area contributed by atoms with Gasteiger partial charge in [0.2, 0.25) is 0 Å². The highest BCUT2D eigenvalue weighted by Gasteiger charge is 2.39. The molecule has 82 valence electrons. The van der Waals surface area contributed by atoms with Gasteiger partial charge in [0.05, 0.1) is 5.75 Å². The van der Waals surface area contributed by atoms with Gasteiger partial charge in [-0.1, -0.05) is 0 Å². The molecule has 0 radical (unpaired) electrons. The van der Waals surface area contributed by atoms with Gasteiger partial charge in [-0.15, -0.1) is 0 Å². The summed E-state index contributed by atoms with van der Waals surface area (Å²) >= 11 is 0. The summed E-state index contributed by atoms with van der Waals surface area (Å²) in [5.74, 6) is 0.118. The number of nitrogens with zero attached hydrogens (tertiary/aromatic N) is 1. The Morgan fingerprint density at radius 3 is 2.21 bits per heavy atom. The van der Waals surface area contributed by atoms with Gasteiger partial charge in [0.25, 0.3) is 10.1 Å². The number of hydrogen-bond donors (Lipinski definition) is 1. The average molecular weight is 219 g/mol. The quantitative estimate of drug-likeness (QED) is 0.696. The lowest BCUT2D eigenvalue weighted by Crippen LogP contribution is -2.41. The van der Waals surface area contributed by atoms with Crippen LogP contribution in [0, 0.1) is 5.92 Å². The van der Waals surface area contributed by atoms with E-state index >= 15 is 0 Å². The number of rotatable bonds is 2. The van der Waals surface area contributed by atoms with E-state index in [1.165, 1.54) is 12.8 Å². The summed E-state index contributed by atoms with van der Waals surface area (Å²) in [6, 6.07) is 1.08. The Balaban J connectivity index is 2.00. The van der Waals surface area contributed by atoms with Crippen LogP contribution in [0.3, 0.4) is 0 Å². The summed E-state index contributed by atoms with van der Waals surface area (Å²) in [6.07, 6.45) is 4.21. The first-order valence-electron chi connectivity index (χ1n) is 5.13. The minimum absolute atomic E-state index is 0.0478. The van der Waals surface area contributed by atoms with E-state index in [4.69, 9.17) is 4.55 Å². The molecule has 1 N–H and O–H groups in total. The van der Waals surface area contributed by atoms with Crippen molar-refractivity contribution in [2.75, 3.05) is 12.8 Å². The second-order valence-corrected chi connectivity index (χ2v) is 6.13. The minimum Gasteiger partial charge on any atom is -0.300 e. The Morgan fingerprint density at radius 2 is 1.79 bits per heavy atom. The Kier molecular flexibility index (Phi) is 2.57. The van der Waals surface area contributed by atoms with Gasteiger partial charge in [0.15, 0.2) is 0 Å². The first-order valence-corrected chi connectivity index (χ1v) is 6.74. The van der Waals surface area contributed by atoms with Crippen molar-refractivity contribution in [2.45, 2.75) is 37.8 Å². The Morgan fingerprint density at radius 1 is 1.29 bits per heavy atom. The summed E-state index contributed by atoms with van der Waals surface area (Å²) in [6.45, 7) is 0. The van der Waals surface area contributed by atoms with Crippen LogP contribution in [0.2, 0.25) is 0 Å². The van der Waals surface area contributed by atoms with Crippen LogP contribution >= 0.6 is 0 Å². The zero-order chi connectivity index (χ0) is 10.3. The van der Waals surface area contributed by atoms with Crippen molar-refractivity contribution in [1.29, 1.82) is 0 Å². The zero-order valence-corrected chi connectivity index (χ0v) is 9.20. The molecule has 5 heteroatoms. The molecule has 2 fully saturated rings. The monoisotopic (exact) mass is 219 g/mol. The van der Waals surface area contributed by atoms with Crippen LogP contribution in [0.25, 0.3) is 0 Å². The summed E-state index contributed by atoms with van der Waals surface area (Å²) in [7, 11) is -1.66. The van der Waals surface area contributed by atoms with Crippen molar-refractivity contribution in [3.8, 4) is 0 Å². The van der Waals surface area contributed by atoms with E-state index < -0.39 is 10.1 Å². The van der Waals surface area contributed by atoms with Crippen LogP contribution < -0.4 is 0 Å². The van der Waals surface area contributed by atoms with Gasteiger partial charge in [0.1, 0.15) is 0 Å². The van der Waals surface area contributed by atoms with Crippen LogP contribution in [0.4, 0.5) is 0 Å². The predicted molar refractivity (Wildman–Crippen MR) is 53.7 cm³/mol. The van der Waals surface area contributed by atoms with Gasteiger partial charge >= 0.3 is 0 Å². The second kappa shape index (κ2) is 3.47. The first-order chi connectivity index (χ1) is 6.46. The van der Waals surface area contributed by atoms with Crippen LogP contribution in [0.15, 0.2) is 0 Å². The zero-order valence-electron chi connectivity index (χ0n) is 8.39. The Hall–Kier alpha value is -0.130. The van der Waals surface area contributed by atoms with E-state index in [1.807, 2.05) is 0 Å². The smallest absolute Gasteiger partial charge is 0.265 e. The van der Waals surface area contributed by atoms with Gasteiger partial charge < -0.3 is 4.90 Å². The van der Waals surface area contributed by atoms with E-state index in [0.29, 0.717) is 12.1 Å². The molecule has 0 unspecified atom stereocenters. The fourth-order valence-corrected chi connectivity index (χ4v) is 3.83. The molecule has 2 atom stereocenters. The standard InChI is InChI=1S/C9H17NO3S/c1-10-8-2-3-9(10)5-7(4-8)6-14(11,12)13/h7-9H,2-6H2,1H3,(H,11,12,13)/t8-,9-/m1/s1. The molecule has 0 amide bonds. The molecule has 2 aliphatic rings. The fourth-order valence-electron chi connectivity index (χ4n) is 2.96. The molecule has 0 saturated carbocycles. The highest BCUT2D eigenvalue weighted by atomic mass is 32.2. The maximum Gasteiger partial charge on any atom is 0.265 e. The third-order valence-corrected chi connectivity index (χ3v) is 4.53. The van der Waals surface area contributed by atoms with Crippen LogP contribution in [-0.2, 0) is 10.1 Å². The molecule has 2 heterocycles. The number of hydrogen-bond acceptors (Lipinski definition) is 3. The molecule has 14 heavy (non-hydrogen) atoms. The van der Waals surface area contributed by atoms with Crippen molar-refractivity contribution in [2.24, 2.45) is 5.92 Å². The predicted octanol–water partition coefficient (Wildman–Crippen LogP) is 0.747. The molecule has 2 bridgehead atoms. The normalized spacial score (nSPS) is 38.9. The minimum atomic E-state index is -3.78. The van der Waals surface area contributed by atoms with Crippen molar-refractivity contribution < 1.29 is 13.0 Å². The lowest BCUT2D eigenvalue weighted by Gasteiger charge is -2.35. The third-order valence-electron chi connectivity index (χ3n) is 3.64. The van der Waals surface area contributed by atoms with E-state index in [9.17, 15) is 8.42 Å². The summed E-state index contributed by atoms with van der Waals surface area (Å²) in [4.78, 5) is 2.36. The largest absolute Gasteiger partial charge is 0.300 e. The molecule has 0 aliphatic carbocycles. The highest BCUT2D eigenvalue weighted by molar-refractivity contribution is 7.85. The van der Waals surface area contributed by atoms with E-state index in [0.717, 1.165) is 12.8 Å². The topological polar surface area (TPSA) is 57.6 Å². The average Bonchev–Trinajstić information content (AvgIpc) is 2.32. The van der Waals surface area contributed by atoms with Gasteiger partial charge in [0, 0.05) is 12.1 Å². The van der Waals surface area contributed by atoms with Gasteiger partial charge in [-0.2, -0.15) is 8.42 Å². The number of piperidine rings is 1. The summed E-state index contributed by atoms with van der Waals surface area (Å²) < 4.78 is 30.3. The Labute approximate surface area is 85.0 Å². The molecule has 0 aromatic rings. The molecule has 0 aromatic carbocycles.